The van der Waals surface area contributed by atoms with Crippen molar-refractivity contribution >= 4 is 28.2 Å². The van der Waals surface area contributed by atoms with E-state index in [4.69, 9.17) is 5.73 Å². The molecule has 0 unspecified atom stereocenters. The number of rotatable bonds is 5. The quantitative estimate of drug-likeness (QED) is 0.740. The number of anilines is 1. The van der Waals surface area contributed by atoms with Gasteiger partial charge in [0.2, 0.25) is 5.91 Å². The number of primary amides is 1. The van der Waals surface area contributed by atoms with Crippen molar-refractivity contribution < 1.29 is 22.8 Å². The largest absolute Gasteiger partial charge is 0.435 e. The number of nitrogens with zero attached hydrogens (tertiary/aromatic N) is 2. The van der Waals surface area contributed by atoms with Crippen LogP contribution in [0.1, 0.15) is 69.9 Å². The zero-order chi connectivity index (χ0) is 21.5. The molecule has 2 aliphatic carbocycles. The fraction of sp³-hybridized carbons (Fsp3) is 0.550. The van der Waals surface area contributed by atoms with Gasteiger partial charge in [0.05, 0.1) is 5.56 Å². The number of thiophene rings is 1. The molecule has 2 aliphatic rings. The van der Waals surface area contributed by atoms with Gasteiger partial charge in [0, 0.05) is 29.1 Å². The van der Waals surface area contributed by atoms with E-state index >= 15 is 0 Å². The lowest BCUT2D eigenvalue weighted by atomic mass is 9.95. The van der Waals surface area contributed by atoms with E-state index < -0.39 is 17.8 Å². The Morgan fingerprint density at radius 3 is 2.43 bits per heavy atom. The molecule has 2 aromatic heterocycles. The second-order valence-corrected chi connectivity index (χ2v) is 8.88. The van der Waals surface area contributed by atoms with Crippen molar-refractivity contribution in [1.29, 1.82) is 0 Å². The number of fused-ring (bicyclic) bond motifs is 2. The predicted octanol–water partition coefficient (Wildman–Crippen LogP) is 3.85. The van der Waals surface area contributed by atoms with Crippen LogP contribution < -0.4 is 11.1 Å². The van der Waals surface area contributed by atoms with Gasteiger partial charge in [-0.15, -0.1) is 11.3 Å². The SMILES string of the molecule is NC(=O)c1c(NC(=O)CCn2nc(C(F)(F)F)c3c2CCCC3)sc2c1CCCC2. The minimum atomic E-state index is -4.50. The van der Waals surface area contributed by atoms with Gasteiger partial charge in [-0.2, -0.15) is 18.3 Å². The molecule has 0 atom stereocenters. The topological polar surface area (TPSA) is 90.0 Å². The third kappa shape index (κ3) is 3.97. The molecule has 0 bridgehead atoms. The van der Waals surface area contributed by atoms with E-state index in [1.807, 2.05) is 0 Å². The van der Waals surface area contributed by atoms with Crippen LogP contribution in [0.4, 0.5) is 18.2 Å². The highest BCUT2D eigenvalue weighted by Crippen LogP contribution is 2.38. The third-order valence-corrected chi connectivity index (χ3v) is 6.95. The predicted molar refractivity (Wildman–Crippen MR) is 107 cm³/mol. The maximum Gasteiger partial charge on any atom is 0.435 e. The Labute approximate surface area is 175 Å². The van der Waals surface area contributed by atoms with E-state index in [0.717, 1.165) is 42.5 Å². The number of hydrogen-bond acceptors (Lipinski definition) is 4. The van der Waals surface area contributed by atoms with Crippen LogP contribution in [0.25, 0.3) is 0 Å². The average Bonchev–Trinajstić information content (AvgIpc) is 3.24. The first-order valence-corrected chi connectivity index (χ1v) is 11.0. The van der Waals surface area contributed by atoms with E-state index in [9.17, 15) is 22.8 Å². The molecular weight excluding hydrogens is 417 g/mol. The Hall–Kier alpha value is -2.36. The molecule has 0 aromatic carbocycles. The number of amides is 2. The average molecular weight is 440 g/mol. The molecule has 3 N–H and O–H groups in total. The maximum absolute atomic E-state index is 13.3. The summed E-state index contributed by atoms with van der Waals surface area (Å²) in [6, 6.07) is 0. The van der Waals surface area contributed by atoms with Gasteiger partial charge in [-0.25, -0.2) is 0 Å². The van der Waals surface area contributed by atoms with Crippen LogP contribution in [0.2, 0.25) is 0 Å². The first-order valence-electron chi connectivity index (χ1n) is 10.2. The Balaban J connectivity index is 1.50. The third-order valence-electron chi connectivity index (χ3n) is 5.75. The minimum Gasteiger partial charge on any atom is -0.365 e. The molecule has 30 heavy (non-hydrogen) atoms. The fourth-order valence-electron chi connectivity index (χ4n) is 4.39. The van der Waals surface area contributed by atoms with Crippen molar-refractivity contribution in [2.75, 3.05) is 5.32 Å². The van der Waals surface area contributed by atoms with Gasteiger partial charge in [-0.3, -0.25) is 14.3 Å². The summed E-state index contributed by atoms with van der Waals surface area (Å²) in [5.41, 5.74) is 6.84. The van der Waals surface area contributed by atoms with Gasteiger partial charge in [-0.1, -0.05) is 0 Å². The Morgan fingerprint density at radius 1 is 1.07 bits per heavy atom. The highest BCUT2D eigenvalue weighted by molar-refractivity contribution is 7.17. The highest BCUT2D eigenvalue weighted by atomic mass is 32.1. The summed E-state index contributed by atoms with van der Waals surface area (Å²) in [7, 11) is 0. The number of nitrogens with two attached hydrogens (primary N) is 1. The van der Waals surface area contributed by atoms with Crippen LogP contribution in [0, 0.1) is 0 Å². The summed E-state index contributed by atoms with van der Waals surface area (Å²) in [5, 5.41) is 6.98. The number of aromatic nitrogens is 2. The molecule has 2 heterocycles. The van der Waals surface area contributed by atoms with Gasteiger partial charge in [0.15, 0.2) is 5.69 Å². The Bertz CT molecular complexity index is 993. The van der Waals surface area contributed by atoms with Gasteiger partial charge in [-0.05, 0) is 56.9 Å². The molecule has 0 saturated carbocycles. The lowest BCUT2D eigenvalue weighted by Crippen LogP contribution is -2.20. The van der Waals surface area contributed by atoms with Crippen molar-refractivity contribution in [2.45, 2.75) is 70.5 Å². The zero-order valence-corrected chi connectivity index (χ0v) is 17.2. The number of halogens is 3. The molecule has 10 heteroatoms. The van der Waals surface area contributed by atoms with E-state index in [2.05, 4.69) is 10.4 Å². The monoisotopic (exact) mass is 440 g/mol. The van der Waals surface area contributed by atoms with Crippen LogP contribution in [0.3, 0.4) is 0 Å². The number of carbonyl (C=O) groups is 2. The van der Waals surface area contributed by atoms with E-state index in [0.29, 0.717) is 35.5 Å². The summed E-state index contributed by atoms with van der Waals surface area (Å²) in [6.45, 7) is 0.0568. The maximum atomic E-state index is 13.3. The Morgan fingerprint density at radius 2 is 1.73 bits per heavy atom. The van der Waals surface area contributed by atoms with Crippen molar-refractivity contribution in [1.82, 2.24) is 9.78 Å². The van der Waals surface area contributed by atoms with Gasteiger partial charge < -0.3 is 11.1 Å². The molecule has 6 nitrogen and oxygen atoms in total. The van der Waals surface area contributed by atoms with E-state index in [1.54, 1.807) is 0 Å². The van der Waals surface area contributed by atoms with Crippen molar-refractivity contribution in [2.24, 2.45) is 5.73 Å². The first-order chi connectivity index (χ1) is 14.3. The second-order valence-electron chi connectivity index (χ2n) is 7.78. The van der Waals surface area contributed by atoms with Gasteiger partial charge in [0.1, 0.15) is 5.00 Å². The number of aryl methyl sites for hydroxylation is 2. The summed E-state index contributed by atoms with van der Waals surface area (Å²) < 4.78 is 41.3. The number of carbonyl (C=O) groups excluding carboxylic acids is 2. The molecule has 0 spiro atoms. The number of hydrogen-bond donors (Lipinski definition) is 2. The lowest BCUT2D eigenvalue weighted by molar-refractivity contribution is -0.142. The highest BCUT2D eigenvalue weighted by Gasteiger charge is 2.39. The molecular formula is C20H23F3N4O2S. The van der Waals surface area contributed by atoms with Crippen molar-refractivity contribution in [3.8, 4) is 0 Å². The van der Waals surface area contributed by atoms with E-state index in [-0.39, 0.29) is 24.4 Å². The van der Waals surface area contributed by atoms with Crippen molar-refractivity contribution in [3.63, 3.8) is 0 Å². The van der Waals surface area contributed by atoms with Crippen molar-refractivity contribution in [3.05, 3.63) is 33.0 Å². The standard InChI is InChI=1S/C20H23F3N4O2S/c21-20(22,23)17-11-5-1-3-7-13(11)27(26-17)10-9-15(28)25-19-16(18(24)29)12-6-2-4-8-14(12)30-19/h1-10H2,(H2,24,29)(H,25,28). The summed E-state index contributed by atoms with van der Waals surface area (Å²) >= 11 is 1.37. The second kappa shape index (κ2) is 8.05. The molecule has 0 saturated heterocycles. The molecule has 0 aliphatic heterocycles. The van der Waals surface area contributed by atoms with Crippen LogP contribution >= 0.6 is 11.3 Å². The first kappa shape index (κ1) is 20.9. The molecule has 2 amide bonds. The minimum absolute atomic E-state index is 0.0355. The zero-order valence-electron chi connectivity index (χ0n) is 16.4. The summed E-state index contributed by atoms with van der Waals surface area (Å²) in [4.78, 5) is 25.5. The lowest BCUT2D eigenvalue weighted by Gasteiger charge is -2.14. The van der Waals surface area contributed by atoms with Crippen LogP contribution in [0.15, 0.2) is 0 Å². The number of nitrogens with one attached hydrogen (secondary N) is 1. The van der Waals surface area contributed by atoms with Crippen LogP contribution in [0.5, 0.6) is 0 Å². The molecule has 4 rings (SSSR count). The molecule has 0 radical (unpaired) electrons. The normalized spacial score (nSPS) is 16.1. The van der Waals surface area contributed by atoms with Gasteiger partial charge >= 0.3 is 6.18 Å². The molecule has 2 aromatic rings. The van der Waals surface area contributed by atoms with E-state index in [1.165, 1.54) is 16.0 Å². The molecule has 162 valence electrons. The van der Waals surface area contributed by atoms with Gasteiger partial charge in [0.25, 0.3) is 5.91 Å². The summed E-state index contributed by atoms with van der Waals surface area (Å²) in [5.74, 6) is -0.939. The smallest absolute Gasteiger partial charge is 0.365 e. The van der Waals surface area contributed by atoms with Crippen LogP contribution in [-0.4, -0.2) is 21.6 Å². The van der Waals surface area contributed by atoms with Crippen LogP contribution in [-0.2, 0) is 43.2 Å². The summed E-state index contributed by atoms with van der Waals surface area (Å²) in [6.07, 6.45) is 1.51. The molecule has 0 fully saturated rings. The fourth-order valence-corrected chi connectivity index (χ4v) is 5.71. The number of alkyl halides is 3. The Kier molecular flexibility index (Phi) is 5.61.